The van der Waals surface area contributed by atoms with E-state index in [1.54, 1.807) is 12.3 Å². The van der Waals surface area contributed by atoms with Crippen LogP contribution in [0.3, 0.4) is 0 Å². The fraction of sp³-hybridized carbons (Fsp3) is 0.571. The molecule has 1 aliphatic rings. The zero-order valence-electron chi connectivity index (χ0n) is 11.9. The molecule has 1 atom stereocenters. The molecule has 1 fully saturated rings. The first kappa shape index (κ1) is 14.7. The summed E-state index contributed by atoms with van der Waals surface area (Å²) >= 11 is 0. The van der Waals surface area contributed by atoms with Crippen molar-refractivity contribution < 1.29 is 13.9 Å². The summed E-state index contributed by atoms with van der Waals surface area (Å²) in [6.07, 6.45) is 2.00. The quantitative estimate of drug-likeness (QED) is 0.778. The Morgan fingerprint density at radius 1 is 1.55 bits per heavy atom. The molecule has 1 aliphatic heterocycles. The topological polar surface area (TPSA) is 45.7 Å². The van der Waals surface area contributed by atoms with Gasteiger partial charge < -0.3 is 9.64 Å². The number of aromatic nitrogens is 1. The van der Waals surface area contributed by atoms with E-state index in [1.807, 2.05) is 11.8 Å². The van der Waals surface area contributed by atoms with Gasteiger partial charge >= 0.3 is 5.97 Å². The molecule has 2 heterocycles. The van der Waals surface area contributed by atoms with Crippen LogP contribution in [0.15, 0.2) is 18.3 Å². The van der Waals surface area contributed by atoms with E-state index in [-0.39, 0.29) is 17.8 Å². The minimum atomic E-state index is -0.289. The Kier molecular flexibility index (Phi) is 4.89. The molecule has 0 aromatic carbocycles. The molecule has 1 aromatic heterocycles. The van der Waals surface area contributed by atoms with Gasteiger partial charge in [0.25, 0.3) is 0 Å². The Morgan fingerprint density at radius 2 is 2.35 bits per heavy atom. The average Bonchev–Trinajstić information content (AvgIpc) is 2.46. The van der Waals surface area contributed by atoms with Gasteiger partial charge in [-0.05, 0) is 19.1 Å². The Bertz CT molecular complexity index is 469. The molecule has 6 heteroatoms. The van der Waals surface area contributed by atoms with Gasteiger partial charge in [-0.15, -0.1) is 0 Å². The molecule has 1 aromatic rings. The predicted molar refractivity (Wildman–Crippen MR) is 74.1 cm³/mol. The number of methoxy groups -OCH3 is 1. The van der Waals surface area contributed by atoms with Crippen molar-refractivity contribution in [3.05, 3.63) is 24.1 Å². The maximum absolute atomic E-state index is 13.8. The lowest BCUT2D eigenvalue weighted by molar-refractivity contribution is -0.141. The number of carbonyl (C=O) groups is 1. The number of hydrogen-bond acceptors (Lipinski definition) is 5. The first-order chi connectivity index (χ1) is 9.61. The van der Waals surface area contributed by atoms with E-state index >= 15 is 0 Å². The van der Waals surface area contributed by atoms with Crippen molar-refractivity contribution in [1.29, 1.82) is 0 Å². The summed E-state index contributed by atoms with van der Waals surface area (Å²) in [6, 6.07) is 3.18. The van der Waals surface area contributed by atoms with Crippen molar-refractivity contribution in [2.45, 2.75) is 19.4 Å². The predicted octanol–water partition coefficient (Wildman–Crippen LogP) is 1.29. The highest BCUT2D eigenvalue weighted by molar-refractivity contribution is 5.69. The highest BCUT2D eigenvalue weighted by atomic mass is 19.1. The third kappa shape index (κ3) is 3.45. The number of esters is 1. The molecule has 1 saturated heterocycles. The molecule has 2 rings (SSSR count). The van der Waals surface area contributed by atoms with E-state index in [4.69, 9.17) is 0 Å². The minimum Gasteiger partial charge on any atom is -0.469 e. The van der Waals surface area contributed by atoms with E-state index in [2.05, 4.69) is 14.6 Å². The molecule has 0 unspecified atom stereocenters. The number of carbonyl (C=O) groups excluding carboxylic acids is 1. The summed E-state index contributed by atoms with van der Waals surface area (Å²) in [6.45, 7) is 4.99. The summed E-state index contributed by atoms with van der Waals surface area (Å²) in [5.74, 6) is -0.0779. The molecule has 0 bridgehead atoms. The number of ether oxygens (including phenoxy) is 1. The molecule has 0 radical (unpaired) electrons. The number of piperazine rings is 1. The van der Waals surface area contributed by atoms with Crippen molar-refractivity contribution >= 4 is 11.8 Å². The maximum Gasteiger partial charge on any atom is 0.306 e. The van der Waals surface area contributed by atoms with E-state index in [1.165, 1.54) is 13.2 Å². The summed E-state index contributed by atoms with van der Waals surface area (Å²) in [5, 5.41) is 0. The fourth-order valence-corrected chi connectivity index (χ4v) is 2.49. The molecule has 110 valence electrons. The minimum absolute atomic E-state index is 0.158. The van der Waals surface area contributed by atoms with Crippen LogP contribution in [-0.2, 0) is 9.53 Å². The van der Waals surface area contributed by atoms with Gasteiger partial charge in [-0.1, -0.05) is 0 Å². The molecular formula is C14H20FN3O2. The normalized spacial score (nSPS) is 19.9. The van der Waals surface area contributed by atoms with Crippen LogP contribution in [0.1, 0.15) is 13.3 Å². The van der Waals surface area contributed by atoms with E-state index in [9.17, 15) is 9.18 Å². The van der Waals surface area contributed by atoms with Gasteiger partial charge in [-0.25, -0.2) is 9.37 Å². The van der Waals surface area contributed by atoms with Crippen LogP contribution < -0.4 is 4.90 Å². The van der Waals surface area contributed by atoms with Gasteiger partial charge in [0.15, 0.2) is 11.6 Å². The molecular weight excluding hydrogens is 261 g/mol. The third-order valence-electron chi connectivity index (χ3n) is 3.58. The number of hydrogen-bond donors (Lipinski definition) is 0. The molecule has 0 amide bonds. The second-order valence-corrected chi connectivity index (χ2v) is 4.98. The number of rotatable bonds is 4. The summed E-state index contributed by atoms with van der Waals surface area (Å²) in [7, 11) is 1.40. The largest absolute Gasteiger partial charge is 0.469 e. The fourth-order valence-electron chi connectivity index (χ4n) is 2.49. The molecule has 20 heavy (non-hydrogen) atoms. The van der Waals surface area contributed by atoms with Crippen molar-refractivity contribution in [2.75, 3.05) is 38.2 Å². The number of halogens is 1. The van der Waals surface area contributed by atoms with Gasteiger partial charge in [-0.3, -0.25) is 9.69 Å². The van der Waals surface area contributed by atoms with Crippen molar-refractivity contribution in [3.8, 4) is 0 Å². The van der Waals surface area contributed by atoms with E-state index in [0.29, 0.717) is 25.3 Å². The summed E-state index contributed by atoms with van der Waals surface area (Å²) < 4.78 is 18.4. The molecule has 0 aliphatic carbocycles. The molecule has 0 N–H and O–H groups in total. The zero-order valence-corrected chi connectivity index (χ0v) is 11.9. The number of pyridine rings is 1. The lowest BCUT2D eigenvalue weighted by atomic mass is 10.1. The lowest BCUT2D eigenvalue weighted by Gasteiger charge is -2.40. The summed E-state index contributed by atoms with van der Waals surface area (Å²) in [5.41, 5.74) is 0. The zero-order chi connectivity index (χ0) is 14.5. The van der Waals surface area contributed by atoms with Crippen LogP contribution in [-0.4, -0.2) is 55.2 Å². The van der Waals surface area contributed by atoms with Gasteiger partial charge in [0.2, 0.25) is 0 Å². The van der Waals surface area contributed by atoms with Crippen molar-refractivity contribution in [3.63, 3.8) is 0 Å². The monoisotopic (exact) mass is 281 g/mol. The highest BCUT2D eigenvalue weighted by Gasteiger charge is 2.26. The van der Waals surface area contributed by atoms with Crippen LogP contribution in [0.2, 0.25) is 0 Å². The number of nitrogens with zero attached hydrogens (tertiary/aromatic N) is 3. The smallest absolute Gasteiger partial charge is 0.306 e. The van der Waals surface area contributed by atoms with Crippen molar-refractivity contribution in [1.82, 2.24) is 9.88 Å². The number of anilines is 1. The van der Waals surface area contributed by atoms with E-state index in [0.717, 1.165) is 13.1 Å². The van der Waals surface area contributed by atoms with Crippen LogP contribution in [0.25, 0.3) is 0 Å². The van der Waals surface area contributed by atoms with Gasteiger partial charge in [0.1, 0.15) is 0 Å². The van der Waals surface area contributed by atoms with Gasteiger partial charge in [0, 0.05) is 38.4 Å². The van der Waals surface area contributed by atoms with Crippen LogP contribution in [0.4, 0.5) is 10.2 Å². The standard InChI is InChI=1S/C14H20FN3O2/c1-11-10-17(7-5-13(19)20-2)8-9-18(11)14-12(15)4-3-6-16-14/h3-4,6,11H,5,7-10H2,1-2H3/t11-/m0/s1. The first-order valence-electron chi connectivity index (χ1n) is 6.78. The second-order valence-electron chi connectivity index (χ2n) is 4.98. The SMILES string of the molecule is COC(=O)CCN1CCN(c2ncccc2F)[C@@H](C)C1. The molecule has 5 nitrogen and oxygen atoms in total. The van der Waals surface area contributed by atoms with Crippen LogP contribution in [0.5, 0.6) is 0 Å². The van der Waals surface area contributed by atoms with E-state index < -0.39 is 0 Å². The second kappa shape index (κ2) is 6.65. The molecule has 0 spiro atoms. The Labute approximate surface area is 118 Å². The molecule has 0 saturated carbocycles. The third-order valence-corrected chi connectivity index (χ3v) is 3.58. The Balaban J connectivity index is 1.93. The van der Waals surface area contributed by atoms with Crippen LogP contribution >= 0.6 is 0 Å². The average molecular weight is 281 g/mol. The lowest BCUT2D eigenvalue weighted by Crippen LogP contribution is -2.52. The van der Waals surface area contributed by atoms with Gasteiger partial charge in [-0.2, -0.15) is 0 Å². The van der Waals surface area contributed by atoms with Crippen LogP contribution in [0, 0.1) is 5.82 Å². The Morgan fingerprint density at radius 3 is 3.00 bits per heavy atom. The van der Waals surface area contributed by atoms with Crippen molar-refractivity contribution in [2.24, 2.45) is 0 Å². The Hall–Kier alpha value is -1.69. The highest BCUT2D eigenvalue weighted by Crippen LogP contribution is 2.21. The van der Waals surface area contributed by atoms with Gasteiger partial charge in [0.05, 0.1) is 13.5 Å². The summed E-state index contributed by atoms with van der Waals surface area (Å²) in [4.78, 5) is 19.4. The maximum atomic E-state index is 13.8. The first-order valence-corrected chi connectivity index (χ1v) is 6.78.